The molecule has 4 heteroatoms. The predicted octanol–water partition coefficient (Wildman–Crippen LogP) is 4.69. The number of carbonyl (C=O) groups is 1. The topological polar surface area (TPSA) is 35.5 Å². The summed E-state index contributed by atoms with van der Waals surface area (Å²) in [7, 11) is -0.491. The van der Waals surface area contributed by atoms with Gasteiger partial charge in [-0.3, -0.25) is 4.79 Å². The number of benzene rings is 1. The Morgan fingerprint density at radius 3 is 2.09 bits per heavy atom. The van der Waals surface area contributed by atoms with Crippen molar-refractivity contribution in [3.63, 3.8) is 0 Å². The van der Waals surface area contributed by atoms with E-state index >= 15 is 0 Å². The first kappa shape index (κ1) is 18.7. The zero-order chi connectivity index (χ0) is 17.0. The van der Waals surface area contributed by atoms with Crippen molar-refractivity contribution in [3.8, 4) is 5.75 Å². The van der Waals surface area contributed by atoms with Crippen LogP contribution in [0.2, 0.25) is 18.1 Å². The number of hydrogen-bond acceptors (Lipinski definition) is 3. The lowest BCUT2D eigenvalue weighted by molar-refractivity contribution is -0.123. The first-order chi connectivity index (χ1) is 10.1. The molecular weight excluding hydrogens is 292 g/mol. The summed E-state index contributed by atoms with van der Waals surface area (Å²) in [5.74, 6) is 0.759. The summed E-state index contributed by atoms with van der Waals surface area (Å²) in [5.41, 5.74) is -0.134. The smallest absolute Gasteiger partial charge is 0.193 e. The average molecular weight is 321 g/mol. The van der Waals surface area contributed by atoms with Gasteiger partial charge in [0.1, 0.15) is 11.4 Å². The van der Waals surface area contributed by atoms with Crippen molar-refractivity contribution in [3.05, 3.63) is 42.5 Å². The van der Waals surface area contributed by atoms with Crippen LogP contribution in [0.5, 0.6) is 5.75 Å². The van der Waals surface area contributed by atoms with Gasteiger partial charge in [0.2, 0.25) is 0 Å². The van der Waals surface area contributed by atoms with Crippen molar-refractivity contribution in [1.82, 2.24) is 0 Å². The number of carbonyl (C=O) groups excluding carboxylic acids is 1. The fraction of sp³-hybridized carbons (Fsp3) is 0.500. The SMILES string of the molecule is C=CC[C@](C=O)(O[Si](C)(C)C(C)(C)C)c1ccc(OC)cc1. The minimum atomic E-state index is -2.11. The fourth-order valence-electron chi connectivity index (χ4n) is 2.05. The average Bonchev–Trinajstić information content (AvgIpc) is 2.45. The molecule has 0 aliphatic rings. The molecule has 0 unspecified atom stereocenters. The van der Waals surface area contributed by atoms with Crippen molar-refractivity contribution < 1.29 is 14.0 Å². The molecule has 1 aromatic carbocycles. The second kappa shape index (κ2) is 6.80. The van der Waals surface area contributed by atoms with Crippen LogP contribution in [0.15, 0.2) is 36.9 Å². The number of aldehydes is 1. The van der Waals surface area contributed by atoms with E-state index in [9.17, 15) is 4.79 Å². The molecule has 0 spiro atoms. The van der Waals surface area contributed by atoms with Crippen LogP contribution in [0.3, 0.4) is 0 Å². The number of methoxy groups -OCH3 is 1. The summed E-state index contributed by atoms with van der Waals surface area (Å²) < 4.78 is 11.7. The lowest BCUT2D eigenvalue weighted by Gasteiger charge is -2.43. The molecule has 0 bridgehead atoms. The Hall–Kier alpha value is -1.39. The molecule has 122 valence electrons. The van der Waals surface area contributed by atoms with Gasteiger partial charge in [-0.15, -0.1) is 6.58 Å². The third-order valence-corrected chi connectivity index (χ3v) is 8.95. The predicted molar refractivity (Wildman–Crippen MR) is 93.8 cm³/mol. The van der Waals surface area contributed by atoms with Crippen molar-refractivity contribution in [2.45, 2.75) is 50.9 Å². The third kappa shape index (κ3) is 3.87. The Kier molecular flexibility index (Phi) is 5.76. The van der Waals surface area contributed by atoms with Crippen LogP contribution in [-0.4, -0.2) is 21.7 Å². The molecule has 0 N–H and O–H groups in total. The largest absolute Gasteiger partial charge is 0.497 e. The number of ether oxygens (including phenoxy) is 1. The van der Waals surface area contributed by atoms with E-state index in [0.717, 1.165) is 17.6 Å². The van der Waals surface area contributed by atoms with E-state index in [1.165, 1.54) is 0 Å². The molecule has 0 saturated carbocycles. The maximum Gasteiger partial charge on any atom is 0.193 e. The molecule has 0 amide bonds. The zero-order valence-corrected chi connectivity index (χ0v) is 15.6. The Morgan fingerprint density at radius 2 is 1.73 bits per heavy atom. The molecule has 1 rings (SSSR count). The van der Waals surface area contributed by atoms with Gasteiger partial charge >= 0.3 is 0 Å². The number of hydrogen-bond donors (Lipinski definition) is 0. The molecule has 0 saturated heterocycles. The summed E-state index contributed by atoms with van der Waals surface area (Å²) >= 11 is 0. The van der Waals surface area contributed by atoms with Crippen molar-refractivity contribution in [2.75, 3.05) is 7.11 Å². The highest BCUT2D eigenvalue weighted by molar-refractivity contribution is 6.74. The van der Waals surface area contributed by atoms with E-state index < -0.39 is 13.9 Å². The van der Waals surface area contributed by atoms with Gasteiger partial charge in [0.15, 0.2) is 14.6 Å². The van der Waals surface area contributed by atoms with Crippen molar-refractivity contribution >= 4 is 14.6 Å². The molecule has 0 aromatic heterocycles. The second-order valence-electron chi connectivity index (χ2n) is 7.09. The molecule has 1 atom stereocenters. The van der Waals surface area contributed by atoms with Gasteiger partial charge < -0.3 is 9.16 Å². The quantitative estimate of drug-likeness (QED) is 0.415. The fourth-order valence-corrected chi connectivity index (χ4v) is 3.52. The maximum atomic E-state index is 12.0. The molecule has 0 aliphatic carbocycles. The summed E-state index contributed by atoms with van der Waals surface area (Å²) in [6.07, 6.45) is 3.11. The van der Waals surface area contributed by atoms with Gasteiger partial charge in [0.05, 0.1) is 7.11 Å². The summed E-state index contributed by atoms with van der Waals surface area (Å²) in [6, 6.07) is 7.49. The zero-order valence-electron chi connectivity index (χ0n) is 14.6. The first-order valence-electron chi connectivity index (χ1n) is 7.54. The molecule has 3 nitrogen and oxygen atoms in total. The van der Waals surface area contributed by atoms with E-state index in [0.29, 0.717) is 6.42 Å². The highest BCUT2D eigenvalue weighted by atomic mass is 28.4. The highest BCUT2D eigenvalue weighted by Crippen LogP contribution is 2.42. The van der Waals surface area contributed by atoms with Gasteiger partial charge in [0, 0.05) is 6.42 Å². The maximum absolute atomic E-state index is 12.0. The Morgan fingerprint density at radius 1 is 1.18 bits per heavy atom. The van der Waals surface area contributed by atoms with Gasteiger partial charge in [-0.1, -0.05) is 39.0 Å². The van der Waals surface area contributed by atoms with Crippen molar-refractivity contribution in [2.24, 2.45) is 0 Å². The first-order valence-corrected chi connectivity index (χ1v) is 10.4. The normalized spacial score (nSPS) is 15.0. The van der Waals surface area contributed by atoms with Crippen molar-refractivity contribution in [1.29, 1.82) is 0 Å². The van der Waals surface area contributed by atoms with Crippen LogP contribution in [0, 0.1) is 0 Å². The van der Waals surface area contributed by atoms with E-state index in [-0.39, 0.29) is 5.04 Å². The van der Waals surface area contributed by atoms with E-state index in [1.54, 1.807) is 13.2 Å². The Balaban J connectivity index is 3.30. The van der Waals surface area contributed by atoms with Gasteiger partial charge in [-0.25, -0.2) is 0 Å². The summed E-state index contributed by atoms with van der Waals surface area (Å²) in [5, 5.41) is 0.0227. The highest BCUT2D eigenvalue weighted by Gasteiger charge is 2.45. The van der Waals surface area contributed by atoms with Gasteiger partial charge in [0.25, 0.3) is 0 Å². The molecule has 0 heterocycles. The summed E-state index contributed by atoms with van der Waals surface area (Å²) in [4.78, 5) is 12.0. The molecular formula is C18H28O3Si. The second-order valence-corrected chi connectivity index (χ2v) is 11.8. The van der Waals surface area contributed by atoms with E-state index in [4.69, 9.17) is 9.16 Å². The van der Waals surface area contributed by atoms with Crippen LogP contribution in [0.1, 0.15) is 32.8 Å². The lowest BCUT2D eigenvalue weighted by Crippen LogP contribution is -2.49. The molecule has 0 radical (unpaired) electrons. The molecule has 1 aromatic rings. The molecule has 22 heavy (non-hydrogen) atoms. The lowest BCUT2D eigenvalue weighted by atomic mass is 9.92. The van der Waals surface area contributed by atoms with Crippen LogP contribution < -0.4 is 4.74 Å². The molecule has 0 aliphatic heterocycles. The van der Waals surface area contributed by atoms with Crippen LogP contribution in [-0.2, 0) is 14.8 Å². The molecule has 0 fully saturated rings. The minimum Gasteiger partial charge on any atom is -0.497 e. The standard InChI is InChI=1S/C18H28O3Si/c1-8-13-18(14-19,21-22(6,7)17(2,3)4)15-9-11-16(20-5)12-10-15/h8-12,14H,1,13H2,2-7H3/t18-/m1/s1. The van der Waals surface area contributed by atoms with E-state index in [1.807, 2.05) is 24.3 Å². The minimum absolute atomic E-state index is 0.0227. The third-order valence-electron chi connectivity index (χ3n) is 4.46. The van der Waals surface area contributed by atoms with Gasteiger partial charge in [-0.05, 0) is 35.8 Å². The number of rotatable bonds is 7. The van der Waals surface area contributed by atoms with Crippen LogP contribution >= 0.6 is 0 Å². The van der Waals surface area contributed by atoms with Crippen LogP contribution in [0.25, 0.3) is 0 Å². The van der Waals surface area contributed by atoms with E-state index in [2.05, 4.69) is 40.4 Å². The Labute approximate surface area is 135 Å². The summed E-state index contributed by atoms with van der Waals surface area (Å²) in [6.45, 7) is 14.6. The van der Waals surface area contributed by atoms with Gasteiger partial charge in [-0.2, -0.15) is 0 Å². The van der Waals surface area contributed by atoms with Crippen LogP contribution in [0.4, 0.5) is 0 Å². The monoisotopic (exact) mass is 320 g/mol. The Bertz CT molecular complexity index is 514.